The smallest absolute Gasteiger partial charge is 0.292 e. The number of alkyl halides is 3. The van der Waals surface area contributed by atoms with Gasteiger partial charge in [0.15, 0.2) is 0 Å². The highest BCUT2D eigenvalue weighted by atomic mass is 32.2. The lowest BCUT2D eigenvalue weighted by Crippen LogP contribution is -2.47. The molecule has 1 heterocycles. The van der Waals surface area contributed by atoms with Crippen molar-refractivity contribution in [1.82, 2.24) is 9.62 Å². The summed E-state index contributed by atoms with van der Waals surface area (Å²) < 4.78 is 61.3. The van der Waals surface area contributed by atoms with Crippen LogP contribution in [0.15, 0.2) is 0 Å². The Kier molecular flexibility index (Phi) is 7.11. The fraction of sp³-hybridized carbons (Fsp3) is 0.923. The Hall–Kier alpha value is -0.830. The van der Waals surface area contributed by atoms with Crippen LogP contribution in [0.5, 0.6) is 0 Å². The molecular weight excluding hydrogens is 321 g/mol. The molecule has 1 amide bonds. The minimum absolute atomic E-state index is 0.551. The SMILES string of the molecule is CC(C(=O)NS(=O)(=O)CCCC(F)(F)F)N1CCCCCC1. The monoisotopic (exact) mass is 344 g/mol. The minimum Gasteiger partial charge on any atom is -0.292 e. The molecule has 0 aromatic rings. The van der Waals surface area contributed by atoms with E-state index in [1.54, 1.807) is 6.92 Å². The first kappa shape index (κ1) is 19.2. The van der Waals surface area contributed by atoms with Crippen molar-refractivity contribution < 1.29 is 26.4 Å². The van der Waals surface area contributed by atoms with Crippen LogP contribution in [-0.4, -0.2) is 50.3 Å². The summed E-state index contributed by atoms with van der Waals surface area (Å²) >= 11 is 0. The van der Waals surface area contributed by atoms with Crippen molar-refractivity contribution in [2.24, 2.45) is 0 Å². The van der Waals surface area contributed by atoms with E-state index in [-0.39, 0.29) is 0 Å². The summed E-state index contributed by atoms with van der Waals surface area (Å²) in [7, 11) is -4.02. The predicted octanol–water partition coefficient (Wildman–Crippen LogP) is 2.04. The zero-order valence-electron chi connectivity index (χ0n) is 12.7. The lowest BCUT2D eigenvalue weighted by Gasteiger charge is -2.26. The van der Waals surface area contributed by atoms with E-state index in [0.717, 1.165) is 38.8 Å². The molecule has 1 aliphatic rings. The van der Waals surface area contributed by atoms with Crippen molar-refractivity contribution in [1.29, 1.82) is 0 Å². The van der Waals surface area contributed by atoms with E-state index >= 15 is 0 Å². The van der Waals surface area contributed by atoms with E-state index in [0.29, 0.717) is 0 Å². The molecule has 1 fully saturated rings. The summed E-state index contributed by atoms with van der Waals surface area (Å²) in [6, 6.07) is -0.601. The first-order valence-corrected chi connectivity index (χ1v) is 9.11. The molecule has 0 aliphatic carbocycles. The number of halogens is 3. The molecule has 5 nitrogen and oxygen atoms in total. The highest BCUT2D eigenvalue weighted by Crippen LogP contribution is 2.21. The topological polar surface area (TPSA) is 66.5 Å². The molecule has 0 saturated carbocycles. The van der Waals surface area contributed by atoms with Crippen molar-refractivity contribution in [3.63, 3.8) is 0 Å². The summed E-state index contributed by atoms with van der Waals surface area (Å²) in [5.74, 6) is -1.38. The molecule has 130 valence electrons. The first-order chi connectivity index (χ1) is 10.1. The quantitative estimate of drug-likeness (QED) is 0.801. The van der Waals surface area contributed by atoms with Gasteiger partial charge in [0, 0.05) is 6.42 Å². The van der Waals surface area contributed by atoms with Gasteiger partial charge in [-0.3, -0.25) is 14.4 Å². The van der Waals surface area contributed by atoms with Gasteiger partial charge in [0.25, 0.3) is 0 Å². The van der Waals surface area contributed by atoms with Gasteiger partial charge in [0.1, 0.15) is 0 Å². The number of hydrogen-bond acceptors (Lipinski definition) is 4. The number of carbonyl (C=O) groups is 1. The van der Waals surface area contributed by atoms with Crippen LogP contribution in [-0.2, 0) is 14.8 Å². The lowest BCUT2D eigenvalue weighted by molar-refractivity contribution is -0.134. The molecular formula is C13H23F3N2O3S. The average molecular weight is 344 g/mol. The zero-order valence-corrected chi connectivity index (χ0v) is 13.5. The molecule has 1 aliphatic heterocycles. The second kappa shape index (κ2) is 8.14. The van der Waals surface area contributed by atoms with Gasteiger partial charge < -0.3 is 0 Å². The zero-order chi connectivity index (χ0) is 16.8. The Bertz CT molecular complexity index is 458. The Morgan fingerprint density at radius 1 is 1.18 bits per heavy atom. The van der Waals surface area contributed by atoms with Gasteiger partial charge in [-0.1, -0.05) is 12.8 Å². The van der Waals surface area contributed by atoms with Crippen LogP contribution in [0.2, 0.25) is 0 Å². The summed E-state index contributed by atoms with van der Waals surface area (Å²) in [5.41, 5.74) is 0. The third-order valence-corrected chi connectivity index (χ3v) is 5.04. The van der Waals surface area contributed by atoms with Gasteiger partial charge in [0.05, 0.1) is 11.8 Å². The van der Waals surface area contributed by atoms with Crippen molar-refractivity contribution in [2.75, 3.05) is 18.8 Å². The molecule has 0 spiro atoms. The van der Waals surface area contributed by atoms with Crippen molar-refractivity contribution in [3.05, 3.63) is 0 Å². The highest BCUT2D eigenvalue weighted by molar-refractivity contribution is 7.90. The summed E-state index contributed by atoms with van der Waals surface area (Å²) in [6.07, 6.45) is -2.04. The lowest BCUT2D eigenvalue weighted by atomic mass is 10.2. The van der Waals surface area contributed by atoms with Gasteiger partial charge in [-0.15, -0.1) is 0 Å². The van der Waals surface area contributed by atoms with Crippen molar-refractivity contribution in [3.8, 4) is 0 Å². The molecule has 1 N–H and O–H groups in total. The van der Waals surface area contributed by atoms with Crippen LogP contribution in [0.4, 0.5) is 13.2 Å². The van der Waals surface area contributed by atoms with Crippen LogP contribution in [0.3, 0.4) is 0 Å². The maximum atomic E-state index is 12.0. The van der Waals surface area contributed by atoms with Crippen molar-refractivity contribution >= 4 is 15.9 Å². The Labute approximate surface area is 129 Å². The van der Waals surface area contributed by atoms with Crippen LogP contribution < -0.4 is 4.72 Å². The number of nitrogens with one attached hydrogen (secondary N) is 1. The van der Waals surface area contributed by atoms with E-state index in [4.69, 9.17) is 0 Å². The largest absolute Gasteiger partial charge is 0.389 e. The Balaban J connectivity index is 2.47. The van der Waals surface area contributed by atoms with E-state index in [9.17, 15) is 26.4 Å². The average Bonchev–Trinajstić information content (AvgIpc) is 2.63. The summed E-state index contributed by atoms with van der Waals surface area (Å²) in [4.78, 5) is 13.9. The molecule has 0 aromatic heterocycles. The first-order valence-electron chi connectivity index (χ1n) is 7.46. The molecule has 1 unspecified atom stereocenters. The van der Waals surface area contributed by atoms with Gasteiger partial charge in [-0.05, 0) is 39.3 Å². The number of hydrogen-bond donors (Lipinski definition) is 1. The third-order valence-electron chi connectivity index (χ3n) is 3.70. The van der Waals surface area contributed by atoms with Crippen molar-refractivity contribution in [2.45, 2.75) is 57.7 Å². The van der Waals surface area contributed by atoms with E-state index in [2.05, 4.69) is 0 Å². The van der Waals surface area contributed by atoms with Crippen LogP contribution in [0, 0.1) is 0 Å². The van der Waals surface area contributed by atoms with Gasteiger partial charge >= 0.3 is 6.18 Å². The second-order valence-corrected chi connectivity index (χ2v) is 7.47. The standard InChI is InChI=1S/C13H23F3N2O3S/c1-11(18-8-4-2-3-5-9-18)12(19)17-22(20,21)10-6-7-13(14,15)16/h11H,2-10H2,1H3,(H,17,19). The van der Waals surface area contributed by atoms with Crippen LogP contribution in [0.25, 0.3) is 0 Å². The third kappa shape index (κ3) is 7.44. The fourth-order valence-electron chi connectivity index (χ4n) is 2.40. The molecule has 22 heavy (non-hydrogen) atoms. The highest BCUT2D eigenvalue weighted by Gasteiger charge is 2.29. The molecule has 0 bridgehead atoms. The maximum absolute atomic E-state index is 12.0. The minimum atomic E-state index is -4.39. The molecule has 1 saturated heterocycles. The van der Waals surface area contributed by atoms with E-state index in [1.807, 2.05) is 9.62 Å². The summed E-state index contributed by atoms with van der Waals surface area (Å²) in [5, 5.41) is 0. The van der Waals surface area contributed by atoms with Crippen LogP contribution in [0.1, 0.15) is 45.4 Å². The molecule has 0 aromatic carbocycles. The summed E-state index contributed by atoms with van der Waals surface area (Å²) in [6.45, 7) is 3.07. The van der Waals surface area contributed by atoms with Gasteiger partial charge in [-0.25, -0.2) is 8.42 Å². The fourth-order valence-corrected chi connectivity index (χ4v) is 3.50. The number of likely N-dealkylation sites (tertiary alicyclic amines) is 1. The Morgan fingerprint density at radius 3 is 2.23 bits per heavy atom. The molecule has 0 radical (unpaired) electrons. The van der Waals surface area contributed by atoms with Gasteiger partial charge in [0.2, 0.25) is 15.9 Å². The van der Waals surface area contributed by atoms with E-state index < -0.39 is 46.7 Å². The van der Waals surface area contributed by atoms with Gasteiger partial charge in [-0.2, -0.15) is 13.2 Å². The second-order valence-electron chi connectivity index (χ2n) is 5.63. The predicted molar refractivity (Wildman–Crippen MR) is 76.7 cm³/mol. The molecule has 1 atom stereocenters. The number of sulfonamides is 1. The Morgan fingerprint density at radius 2 is 1.73 bits per heavy atom. The number of carbonyl (C=O) groups excluding carboxylic acids is 1. The van der Waals surface area contributed by atoms with Crippen LogP contribution >= 0.6 is 0 Å². The number of nitrogens with zero attached hydrogens (tertiary/aromatic N) is 1. The normalized spacial score (nSPS) is 19.5. The maximum Gasteiger partial charge on any atom is 0.389 e. The van der Waals surface area contributed by atoms with E-state index in [1.165, 1.54) is 0 Å². The molecule has 1 rings (SSSR count). The number of amides is 1. The number of rotatable bonds is 6. The molecule has 9 heteroatoms.